The third kappa shape index (κ3) is 10.2. The van der Waals surface area contributed by atoms with Crippen LogP contribution in [0.1, 0.15) is 70.3 Å². The first-order chi connectivity index (χ1) is 26.6. The quantitative estimate of drug-likeness (QED) is 0.0611. The molecule has 13 nitrogen and oxygen atoms in total. The Morgan fingerprint density at radius 3 is 2.11 bits per heavy atom. The van der Waals surface area contributed by atoms with Crippen LogP contribution in [0.15, 0.2) is 85.2 Å². The summed E-state index contributed by atoms with van der Waals surface area (Å²) in [6, 6.07) is 20.7. The minimum absolute atomic E-state index is 0.0642. The highest BCUT2D eigenvalue weighted by Crippen LogP contribution is 2.44. The number of nitrogens with two attached hydrogens (primary N) is 1. The molecule has 0 saturated carbocycles. The molecule has 0 fully saturated rings. The number of fused-ring (bicyclic) bond motifs is 3. The summed E-state index contributed by atoms with van der Waals surface area (Å²) >= 11 is 0. The van der Waals surface area contributed by atoms with E-state index in [9.17, 15) is 19.2 Å². The average Bonchev–Trinajstić information content (AvgIpc) is 3.75. The zero-order valence-electron chi connectivity index (χ0n) is 33.3. The molecule has 1 aliphatic carbocycles. The van der Waals surface area contributed by atoms with Gasteiger partial charge in [0.25, 0.3) is 0 Å². The zero-order chi connectivity index (χ0) is 40.6. The van der Waals surface area contributed by atoms with Gasteiger partial charge in [0.15, 0.2) is 8.32 Å². The van der Waals surface area contributed by atoms with Crippen LogP contribution < -0.4 is 27.0 Å². The van der Waals surface area contributed by atoms with Crippen molar-refractivity contribution in [1.29, 1.82) is 0 Å². The Balaban J connectivity index is 1.22. The first-order valence-corrected chi connectivity index (χ1v) is 22.0. The molecule has 0 bridgehead atoms. The number of primary amides is 1. The molecule has 0 saturated heterocycles. The average molecular weight is 782 g/mol. The van der Waals surface area contributed by atoms with Crippen LogP contribution in [-0.4, -0.2) is 67.0 Å². The summed E-state index contributed by atoms with van der Waals surface area (Å²) in [5.74, 6) is -0.702. The highest BCUT2D eigenvalue weighted by Gasteiger charge is 2.37. The van der Waals surface area contributed by atoms with Gasteiger partial charge in [0.2, 0.25) is 11.8 Å². The van der Waals surface area contributed by atoms with E-state index in [1.165, 1.54) is 0 Å². The van der Waals surface area contributed by atoms with E-state index in [2.05, 4.69) is 72.2 Å². The maximum atomic E-state index is 13.7. The number of urea groups is 1. The van der Waals surface area contributed by atoms with Gasteiger partial charge < -0.3 is 40.7 Å². The van der Waals surface area contributed by atoms with Crippen molar-refractivity contribution < 1.29 is 28.3 Å². The second-order valence-electron chi connectivity index (χ2n) is 16.0. The van der Waals surface area contributed by atoms with Gasteiger partial charge in [-0.3, -0.25) is 9.59 Å². The number of rotatable bonds is 16. The number of hydrogen-bond acceptors (Lipinski definition) is 7. The van der Waals surface area contributed by atoms with Gasteiger partial charge in [-0.25, -0.2) is 14.6 Å². The number of nitrogens with zero attached hydrogens (tertiary/aromatic N) is 2. The Hall–Kier alpha value is -5.47. The van der Waals surface area contributed by atoms with Crippen molar-refractivity contribution in [2.24, 2.45) is 11.7 Å². The van der Waals surface area contributed by atoms with E-state index in [1.54, 1.807) is 32.2 Å². The van der Waals surface area contributed by atoms with Gasteiger partial charge in [-0.2, -0.15) is 0 Å². The maximum absolute atomic E-state index is 13.7. The molecule has 56 heavy (non-hydrogen) atoms. The van der Waals surface area contributed by atoms with E-state index in [-0.39, 0.29) is 36.4 Å². The maximum Gasteiger partial charge on any atom is 0.407 e. The third-order valence-corrected chi connectivity index (χ3v) is 15.1. The number of imidazole rings is 1. The molecule has 6 N–H and O–H groups in total. The smallest absolute Gasteiger partial charge is 0.407 e. The molecule has 1 aliphatic rings. The second-order valence-corrected chi connectivity index (χ2v) is 20.8. The molecule has 1 aromatic heterocycles. The number of alkyl carbamates (subject to hydrolysis) is 1. The Labute approximate surface area is 330 Å². The van der Waals surface area contributed by atoms with Crippen LogP contribution in [0.2, 0.25) is 18.1 Å². The van der Waals surface area contributed by atoms with Gasteiger partial charge >= 0.3 is 12.1 Å². The molecule has 0 spiro atoms. The molecular weight excluding hydrogens is 727 g/mol. The number of carbonyl (C=O) groups is 4. The molecule has 3 aromatic carbocycles. The largest absolute Gasteiger partial charge is 0.449 e. The van der Waals surface area contributed by atoms with Gasteiger partial charge in [0.05, 0.1) is 6.61 Å². The summed E-state index contributed by atoms with van der Waals surface area (Å²) < 4.78 is 14.1. The van der Waals surface area contributed by atoms with Crippen molar-refractivity contribution in [2.75, 3.05) is 18.5 Å². The summed E-state index contributed by atoms with van der Waals surface area (Å²) in [4.78, 5) is 56.4. The Morgan fingerprint density at radius 1 is 0.893 bits per heavy atom. The molecule has 1 heterocycles. The first kappa shape index (κ1) is 41.7. The van der Waals surface area contributed by atoms with Crippen LogP contribution in [0.3, 0.4) is 0 Å². The van der Waals surface area contributed by atoms with E-state index in [0.717, 1.165) is 33.8 Å². The van der Waals surface area contributed by atoms with Crippen LogP contribution in [0, 0.1) is 5.92 Å². The predicted octanol–water partition coefficient (Wildman–Crippen LogP) is 6.83. The fraction of sp³-hybridized carbons (Fsp3) is 0.405. The number of amides is 5. The van der Waals surface area contributed by atoms with Crippen LogP contribution >= 0.6 is 0 Å². The Morgan fingerprint density at radius 2 is 1.52 bits per heavy atom. The van der Waals surface area contributed by atoms with Crippen molar-refractivity contribution >= 4 is 37.9 Å². The SMILES string of the molecule is CC(C)[C@H](NC(=O)OCC1c2ccccc2-c2ccccc21)C(=O)N[C@@H](CCCNC(N)=O)C(=O)Nc1ccc(-n2ccnc2CO[Si](C)(C)C(C)(C)C)cc1. The lowest BCUT2D eigenvalue weighted by Gasteiger charge is -2.36. The van der Waals surface area contributed by atoms with Crippen molar-refractivity contribution in [1.82, 2.24) is 25.5 Å². The minimum atomic E-state index is -1.99. The van der Waals surface area contributed by atoms with Gasteiger partial charge in [-0.1, -0.05) is 83.1 Å². The molecule has 14 heteroatoms. The van der Waals surface area contributed by atoms with Crippen molar-refractivity contribution in [3.63, 3.8) is 0 Å². The number of aromatic nitrogens is 2. The van der Waals surface area contributed by atoms with Gasteiger partial charge in [-0.15, -0.1) is 0 Å². The van der Waals surface area contributed by atoms with Crippen molar-refractivity contribution in [3.8, 4) is 16.8 Å². The fourth-order valence-corrected chi connectivity index (χ4v) is 7.35. The van der Waals surface area contributed by atoms with E-state index < -0.39 is 44.3 Å². The Bertz CT molecular complexity index is 1960. The van der Waals surface area contributed by atoms with Gasteiger partial charge in [0.1, 0.15) is 24.5 Å². The van der Waals surface area contributed by atoms with Crippen molar-refractivity contribution in [2.45, 2.75) is 90.2 Å². The number of carbonyl (C=O) groups excluding carboxylic acids is 4. The number of nitrogens with one attached hydrogen (secondary N) is 4. The van der Waals surface area contributed by atoms with E-state index in [4.69, 9.17) is 14.9 Å². The van der Waals surface area contributed by atoms with Gasteiger partial charge in [-0.05, 0) is 83.4 Å². The summed E-state index contributed by atoms with van der Waals surface area (Å²) in [5.41, 5.74) is 11.0. The fourth-order valence-electron chi connectivity index (χ4n) is 6.42. The molecular formula is C42H55N7O6Si. The third-order valence-electron chi connectivity index (χ3n) is 10.7. The molecule has 0 radical (unpaired) electrons. The first-order valence-electron chi connectivity index (χ1n) is 19.1. The van der Waals surface area contributed by atoms with Crippen LogP contribution in [0.25, 0.3) is 16.8 Å². The monoisotopic (exact) mass is 781 g/mol. The summed E-state index contributed by atoms with van der Waals surface area (Å²) in [7, 11) is -1.99. The van der Waals surface area contributed by atoms with E-state index >= 15 is 0 Å². The second kappa shape index (κ2) is 18.0. The topological polar surface area (TPSA) is 179 Å². The van der Waals surface area contributed by atoms with E-state index in [1.807, 2.05) is 59.3 Å². The zero-order valence-corrected chi connectivity index (χ0v) is 34.3. The summed E-state index contributed by atoms with van der Waals surface area (Å²) in [5, 5.41) is 11.0. The molecule has 0 aliphatic heterocycles. The lowest BCUT2D eigenvalue weighted by Crippen LogP contribution is -2.54. The lowest BCUT2D eigenvalue weighted by molar-refractivity contribution is -0.128. The Kier molecular flexibility index (Phi) is 13.4. The number of ether oxygens (including phenoxy) is 1. The van der Waals surface area contributed by atoms with Crippen molar-refractivity contribution in [3.05, 3.63) is 102 Å². The van der Waals surface area contributed by atoms with Gasteiger partial charge in [0, 0.05) is 36.2 Å². The van der Waals surface area contributed by atoms with E-state index in [0.29, 0.717) is 18.7 Å². The highest BCUT2D eigenvalue weighted by molar-refractivity contribution is 6.74. The minimum Gasteiger partial charge on any atom is -0.449 e. The van der Waals surface area contributed by atoms with Crippen LogP contribution in [-0.2, 0) is 25.4 Å². The molecule has 298 valence electrons. The molecule has 2 atom stereocenters. The molecule has 0 unspecified atom stereocenters. The molecule has 4 aromatic rings. The molecule has 5 rings (SSSR count). The lowest BCUT2D eigenvalue weighted by atomic mass is 9.98. The number of hydrogen-bond donors (Lipinski definition) is 5. The number of benzene rings is 3. The standard InChI is InChI=1S/C42H55N7O6Si/c1-27(2)37(48-41(53)54-25-34-32-15-10-8-13-30(32)31-14-9-11-16-33(31)34)39(51)47-35(17-12-22-45-40(43)52)38(50)46-28-18-20-29(21-19-28)49-24-23-44-36(49)26-55-56(6,7)42(3,4)5/h8-11,13-16,18-21,23-24,27,34-35,37H,12,17,22,25-26H2,1-7H3,(H,46,50)(H,47,51)(H,48,53)(H3,43,45,52)/t35-,37-/m0/s1. The molecule has 5 amide bonds. The summed E-state index contributed by atoms with van der Waals surface area (Å²) in [6.45, 7) is 15.3. The van der Waals surface area contributed by atoms with Crippen LogP contribution in [0.4, 0.5) is 15.3 Å². The highest BCUT2D eigenvalue weighted by atomic mass is 28.4. The number of anilines is 1. The normalized spacial score (nSPS) is 13.6. The van der Waals surface area contributed by atoms with Crippen LogP contribution in [0.5, 0.6) is 0 Å². The summed E-state index contributed by atoms with van der Waals surface area (Å²) in [6.07, 6.45) is 3.41. The predicted molar refractivity (Wildman–Crippen MR) is 220 cm³/mol.